The number of ether oxygens (including phenoxy) is 1. The molecule has 0 unspecified atom stereocenters. The Morgan fingerprint density at radius 1 is 1.17 bits per heavy atom. The number of halogens is 2. The molecule has 1 saturated heterocycles. The van der Waals surface area contributed by atoms with Gasteiger partial charge in [-0.3, -0.25) is 0 Å². The summed E-state index contributed by atoms with van der Waals surface area (Å²) in [6.07, 6.45) is 7.08. The number of anilines is 1. The molecule has 8 heteroatoms. The van der Waals surface area contributed by atoms with Crippen LogP contribution in [0.4, 0.5) is 5.82 Å². The number of nitrogens with zero attached hydrogens (tertiary/aromatic N) is 5. The summed E-state index contributed by atoms with van der Waals surface area (Å²) in [5, 5.41) is 5.25. The van der Waals surface area contributed by atoms with Crippen LogP contribution in [-0.2, 0) is 0 Å². The molecule has 6 nitrogen and oxygen atoms in total. The van der Waals surface area contributed by atoms with Gasteiger partial charge in [-0.05, 0) is 6.07 Å². The van der Waals surface area contributed by atoms with E-state index in [1.807, 2.05) is 18.3 Å². The third-order valence-electron chi connectivity index (χ3n) is 4.05. The van der Waals surface area contributed by atoms with Gasteiger partial charge < -0.3 is 9.64 Å². The minimum atomic E-state index is 0.130. The van der Waals surface area contributed by atoms with Gasteiger partial charge in [-0.25, -0.2) is 9.50 Å². The van der Waals surface area contributed by atoms with E-state index in [9.17, 15) is 0 Å². The van der Waals surface area contributed by atoms with E-state index in [2.05, 4.69) is 20.0 Å². The quantitative estimate of drug-likeness (QED) is 0.712. The second-order valence-electron chi connectivity index (χ2n) is 5.66. The predicted molar refractivity (Wildman–Crippen MR) is 93.1 cm³/mol. The second-order valence-corrected chi connectivity index (χ2v) is 6.51. The molecule has 0 radical (unpaired) electrons. The molecule has 0 saturated carbocycles. The lowest BCUT2D eigenvalue weighted by atomic mass is 10.1. The topological polar surface area (TPSA) is 55.6 Å². The maximum Gasteiger partial charge on any atom is 0.217 e. The summed E-state index contributed by atoms with van der Waals surface area (Å²) in [7, 11) is 0. The van der Waals surface area contributed by atoms with Crippen LogP contribution in [0.5, 0.6) is 5.88 Å². The Morgan fingerprint density at radius 2 is 2.00 bits per heavy atom. The standard InChI is InChI=1S/C16H15Cl2N5O/c17-11-9-13(18)16(19-10-11)22-6-2-12(3-7-22)24-15-4-8-23-14(21-15)1-5-20-23/h1,4-5,8-10,12H,2-3,6-7H2. The van der Waals surface area contributed by atoms with E-state index in [0.29, 0.717) is 15.9 Å². The van der Waals surface area contributed by atoms with Crippen LogP contribution in [0.25, 0.3) is 5.65 Å². The van der Waals surface area contributed by atoms with Gasteiger partial charge in [0, 0.05) is 50.5 Å². The number of hydrogen-bond acceptors (Lipinski definition) is 5. The smallest absolute Gasteiger partial charge is 0.217 e. The molecule has 0 aromatic carbocycles. The van der Waals surface area contributed by atoms with E-state index in [0.717, 1.165) is 37.4 Å². The van der Waals surface area contributed by atoms with Gasteiger partial charge in [0.1, 0.15) is 11.9 Å². The van der Waals surface area contributed by atoms with E-state index in [1.165, 1.54) is 0 Å². The van der Waals surface area contributed by atoms with E-state index < -0.39 is 0 Å². The van der Waals surface area contributed by atoms with Crippen LogP contribution in [0.2, 0.25) is 10.0 Å². The highest BCUT2D eigenvalue weighted by Gasteiger charge is 2.23. The monoisotopic (exact) mass is 363 g/mol. The van der Waals surface area contributed by atoms with E-state index in [1.54, 1.807) is 23.0 Å². The first-order valence-electron chi connectivity index (χ1n) is 7.72. The molecule has 1 aliphatic heterocycles. The van der Waals surface area contributed by atoms with Crippen LogP contribution in [0, 0.1) is 0 Å². The molecule has 0 bridgehead atoms. The summed E-state index contributed by atoms with van der Waals surface area (Å²) >= 11 is 12.1. The first-order chi connectivity index (χ1) is 11.7. The zero-order chi connectivity index (χ0) is 16.5. The lowest BCUT2D eigenvalue weighted by Gasteiger charge is -2.33. The molecule has 0 spiro atoms. The van der Waals surface area contributed by atoms with Crippen molar-refractivity contribution in [2.75, 3.05) is 18.0 Å². The van der Waals surface area contributed by atoms with Crippen LogP contribution < -0.4 is 9.64 Å². The van der Waals surface area contributed by atoms with Crippen molar-refractivity contribution in [3.05, 3.63) is 46.8 Å². The van der Waals surface area contributed by atoms with E-state index in [4.69, 9.17) is 27.9 Å². The van der Waals surface area contributed by atoms with E-state index >= 15 is 0 Å². The maximum atomic E-state index is 6.24. The number of piperidine rings is 1. The Hall–Kier alpha value is -2.05. The Bertz CT molecular complexity index is 861. The number of hydrogen-bond donors (Lipinski definition) is 0. The molecule has 3 aromatic heterocycles. The summed E-state index contributed by atoms with van der Waals surface area (Å²) in [6.45, 7) is 1.65. The molecule has 4 heterocycles. The van der Waals surface area contributed by atoms with Gasteiger partial charge in [-0.1, -0.05) is 23.2 Å². The first kappa shape index (κ1) is 15.5. The molecule has 1 fully saturated rings. The van der Waals surface area contributed by atoms with Crippen LogP contribution in [0.3, 0.4) is 0 Å². The van der Waals surface area contributed by atoms with Gasteiger partial charge in [0.15, 0.2) is 5.65 Å². The van der Waals surface area contributed by atoms with Crippen molar-refractivity contribution in [3.8, 4) is 5.88 Å². The lowest BCUT2D eigenvalue weighted by molar-refractivity contribution is 0.164. The summed E-state index contributed by atoms with van der Waals surface area (Å²) in [5.74, 6) is 1.41. The van der Waals surface area contributed by atoms with Crippen molar-refractivity contribution < 1.29 is 4.74 Å². The molecule has 0 amide bonds. The molecular weight excluding hydrogens is 349 g/mol. The summed E-state index contributed by atoms with van der Waals surface area (Å²) in [6, 6.07) is 5.41. The second kappa shape index (κ2) is 6.45. The fourth-order valence-electron chi connectivity index (χ4n) is 2.86. The van der Waals surface area contributed by atoms with Gasteiger partial charge in [0.25, 0.3) is 0 Å². The van der Waals surface area contributed by atoms with Crippen LogP contribution in [-0.4, -0.2) is 38.8 Å². The van der Waals surface area contributed by atoms with Gasteiger partial charge in [0.05, 0.1) is 16.2 Å². The highest BCUT2D eigenvalue weighted by atomic mass is 35.5. The Morgan fingerprint density at radius 3 is 2.79 bits per heavy atom. The van der Waals surface area contributed by atoms with Crippen molar-refractivity contribution >= 4 is 34.7 Å². The maximum absolute atomic E-state index is 6.24. The third-order valence-corrected chi connectivity index (χ3v) is 4.53. The average molecular weight is 364 g/mol. The molecule has 0 aliphatic carbocycles. The Kier molecular flexibility index (Phi) is 4.16. The lowest BCUT2D eigenvalue weighted by Crippen LogP contribution is -2.39. The van der Waals surface area contributed by atoms with Crippen molar-refractivity contribution in [2.45, 2.75) is 18.9 Å². The van der Waals surface area contributed by atoms with Gasteiger partial charge in [-0.15, -0.1) is 0 Å². The number of pyridine rings is 1. The molecule has 0 N–H and O–H groups in total. The molecule has 24 heavy (non-hydrogen) atoms. The summed E-state index contributed by atoms with van der Waals surface area (Å²) in [5.41, 5.74) is 0.780. The first-order valence-corrected chi connectivity index (χ1v) is 8.48. The van der Waals surface area contributed by atoms with Crippen molar-refractivity contribution in [1.82, 2.24) is 19.6 Å². The van der Waals surface area contributed by atoms with Crippen LogP contribution in [0.1, 0.15) is 12.8 Å². The highest BCUT2D eigenvalue weighted by Crippen LogP contribution is 2.29. The van der Waals surface area contributed by atoms with Crippen molar-refractivity contribution in [3.63, 3.8) is 0 Å². The normalized spacial score (nSPS) is 15.8. The Balaban J connectivity index is 1.40. The summed E-state index contributed by atoms with van der Waals surface area (Å²) in [4.78, 5) is 10.9. The van der Waals surface area contributed by atoms with Crippen LogP contribution >= 0.6 is 23.2 Å². The molecule has 4 rings (SSSR count). The minimum Gasteiger partial charge on any atom is -0.474 e. The minimum absolute atomic E-state index is 0.130. The van der Waals surface area contributed by atoms with Gasteiger partial charge >= 0.3 is 0 Å². The Labute approximate surface area is 149 Å². The highest BCUT2D eigenvalue weighted by molar-refractivity contribution is 6.36. The number of rotatable bonds is 3. The fourth-order valence-corrected chi connectivity index (χ4v) is 3.36. The predicted octanol–water partition coefficient (Wildman–Crippen LogP) is 3.48. The summed E-state index contributed by atoms with van der Waals surface area (Å²) < 4.78 is 7.72. The molecular formula is C16H15Cl2N5O. The largest absolute Gasteiger partial charge is 0.474 e. The zero-order valence-corrected chi connectivity index (χ0v) is 14.3. The third kappa shape index (κ3) is 3.12. The van der Waals surface area contributed by atoms with Gasteiger partial charge in [0.2, 0.25) is 5.88 Å². The number of aromatic nitrogens is 4. The molecule has 3 aromatic rings. The molecule has 124 valence electrons. The number of fused-ring (bicyclic) bond motifs is 1. The molecule has 0 atom stereocenters. The van der Waals surface area contributed by atoms with Crippen LogP contribution in [0.15, 0.2) is 36.8 Å². The zero-order valence-electron chi connectivity index (χ0n) is 12.8. The average Bonchev–Trinajstić information content (AvgIpc) is 3.04. The SMILES string of the molecule is Clc1cnc(N2CCC(Oc3ccn4nccc4n3)CC2)c(Cl)c1. The van der Waals surface area contributed by atoms with Crippen molar-refractivity contribution in [1.29, 1.82) is 0 Å². The van der Waals surface area contributed by atoms with Gasteiger partial charge in [-0.2, -0.15) is 10.1 Å². The van der Waals surface area contributed by atoms with E-state index in [-0.39, 0.29) is 6.10 Å². The van der Waals surface area contributed by atoms with Crippen molar-refractivity contribution in [2.24, 2.45) is 0 Å². The molecule has 1 aliphatic rings. The fraction of sp³-hybridized carbons (Fsp3) is 0.312.